The summed E-state index contributed by atoms with van der Waals surface area (Å²) in [6, 6.07) is 8.22. The van der Waals surface area contributed by atoms with E-state index in [1.807, 2.05) is 0 Å². The van der Waals surface area contributed by atoms with Gasteiger partial charge in [-0.15, -0.1) is 0 Å². The van der Waals surface area contributed by atoms with Crippen molar-refractivity contribution in [3.05, 3.63) is 41.5 Å². The molecule has 1 aromatic carbocycles. The van der Waals surface area contributed by atoms with Crippen LogP contribution in [0.5, 0.6) is 0 Å². The maximum Gasteiger partial charge on any atom is 0.246 e. The SMILES string of the molecule is CCC(=CC(=O)N1CC[C@H](O)C1)c1ccc(C)cc1. The van der Waals surface area contributed by atoms with Crippen molar-refractivity contribution in [3.8, 4) is 0 Å². The zero-order valence-electron chi connectivity index (χ0n) is 11.6. The van der Waals surface area contributed by atoms with Crippen LogP contribution in [0.2, 0.25) is 0 Å². The van der Waals surface area contributed by atoms with E-state index in [0.29, 0.717) is 19.5 Å². The van der Waals surface area contributed by atoms with Gasteiger partial charge in [-0.1, -0.05) is 36.8 Å². The van der Waals surface area contributed by atoms with Gasteiger partial charge in [0.15, 0.2) is 0 Å². The third-order valence-electron chi connectivity index (χ3n) is 3.58. The minimum atomic E-state index is -0.359. The van der Waals surface area contributed by atoms with Crippen LogP contribution in [-0.2, 0) is 4.79 Å². The number of hydrogen-bond donors (Lipinski definition) is 1. The average Bonchev–Trinajstić information content (AvgIpc) is 2.84. The first-order chi connectivity index (χ1) is 9.10. The molecule has 0 aliphatic carbocycles. The average molecular weight is 259 g/mol. The number of aliphatic hydroxyl groups is 1. The van der Waals surface area contributed by atoms with E-state index >= 15 is 0 Å². The Bertz CT molecular complexity index is 476. The molecule has 1 aromatic rings. The molecular formula is C16H21NO2. The number of likely N-dealkylation sites (tertiary alicyclic amines) is 1. The van der Waals surface area contributed by atoms with Crippen LogP contribution in [0.3, 0.4) is 0 Å². The highest BCUT2D eigenvalue weighted by Gasteiger charge is 2.23. The lowest BCUT2D eigenvalue weighted by molar-refractivity contribution is -0.125. The van der Waals surface area contributed by atoms with Crippen molar-refractivity contribution in [3.63, 3.8) is 0 Å². The van der Waals surface area contributed by atoms with E-state index in [1.54, 1.807) is 11.0 Å². The van der Waals surface area contributed by atoms with E-state index in [2.05, 4.69) is 38.1 Å². The number of β-amino-alcohol motifs (C(OH)–C–C–N with tert-alkyl or cyclic N) is 1. The second-order valence-corrected chi connectivity index (χ2v) is 5.12. The summed E-state index contributed by atoms with van der Waals surface area (Å²) in [7, 11) is 0. The second kappa shape index (κ2) is 6.02. The van der Waals surface area contributed by atoms with Crippen molar-refractivity contribution in [2.75, 3.05) is 13.1 Å². The van der Waals surface area contributed by atoms with Gasteiger partial charge in [0.2, 0.25) is 5.91 Å². The molecule has 1 aliphatic rings. The maximum atomic E-state index is 12.1. The van der Waals surface area contributed by atoms with Crippen LogP contribution in [0, 0.1) is 6.92 Å². The van der Waals surface area contributed by atoms with E-state index in [0.717, 1.165) is 17.6 Å². The highest BCUT2D eigenvalue weighted by Crippen LogP contribution is 2.20. The van der Waals surface area contributed by atoms with Crippen molar-refractivity contribution >= 4 is 11.5 Å². The first-order valence-corrected chi connectivity index (χ1v) is 6.84. The summed E-state index contributed by atoms with van der Waals surface area (Å²) in [5.41, 5.74) is 3.36. The molecule has 0 bridgehead atoms. The zero-order chi connectivity index (χ0) is 13.8. The summed E-state index contributed by atoms with van der Waals surface area (Å²) in [6.45, 7) is 5.22. The highest BCUT2D eigenvalue weighted by molar-refractivity contribution is 5.95. The lowest BCUT2D eigenvalue weighted by Gasteiger charge is -2.14. The molecule has 1 heterocycles. The molecule has 1 saturated heterocycles. The van der Waals surface area contributed by atoms with Crippen LogP contribution in [0.4, 0.5) is 0 Å². The fourth-order valence-electron chi connectivity index (χ4n) is 2.34. The van der Waals surface area contributed by atoms with E-state index in [1.165, 1.54) is 5.56 Å². The summed E-state index contributed by atoms with van der Waals surface area (Å²) in [5, 5.41) is 9.47. The summed E-state index contributed by atoms with van der Waals surface area (Å²) < 4.78 is 0. The first-order valence-electron chi connectivity index (χ1n) is 6.84. The molecular weight excluding hydrogens is 238 g/mol. The number of benzene rings is 1. The number of aliphatic hydroxyl groups excluding tert-OH is 1. The van der Waals surface area contributed by atoms with E-state index < -0.39 is 0 Å². The zero-order valence-corrected chi connectivity index (χ0v) is 11.6. The molecule has 1 atom stereocenters. The van der Waals surface area contributed by atoms with Crippen LogP contribution in [0.15, 0.2) is 30.3 Å². The molecule has 3 heteroatoms. The van der Waals surface area contributed by atoms with Gasteiger partial charge < -0.3 is 10.0 Å². The van der Waals surface area contributed by atoms with Gasteiger partial charge in [0, 0.05) is 19.2 Å². The maximum absolute atomic E-state index is 12.1. The minimum absolute atomic E-state index is 0.00831. The molecule has 0 radical (unpaired) electrons. The largest absolute Gasteiger partial charge is 0.391 e. The third kappa shape index (κ3) is 3.44. The molecule has 19 heavy (non-hydrogen) atoms. The molecule has 1 N–H and O–H groups in total. The monoisotopic (exact) mass is 259 g/mol. The Morgan fingerprint density at radius 2 is 2.11 bits per heavy atom. The predicted octanol–water partition coefficient (Wildman–Crippen LogP) is 2.38. The Hall–Kier alpha value is -1.61. The molecule has 1 fully saturated rings. The Kier molecular flexibility index (Phi) is 4.38. The minimum Gasteiger partial charge on any atom is -0.391 e. The second-order valence-electron chi connectivity index (χ2n) is 5.12. The Labute approximate surface area is 114 Å². The van der Waals surface area contributed by atoms with Crippen molar-refractivity contribution < 1.29 is 9.90 Å². The lowest BCUT2D eigenvalue weighted by Crippen LogP contribution is -2.28. The highest BCUT2D eigenvalue weighted by atomic mass is 16.3. The van der Waals surface area contributed by atoms with Gasteiger partial charge in [-0.25, -0.2) is 0 Å². The number of aryl methyl sites for hydroxylation is 1. The number of allylic oxidation sites excluding steroid dienone is 1. The fourth-order valence-corrected chi connectivity index (χ4v) is 2.34. The molecule has 0 spiro atoms. The van der Waals surface area contributed by atoms with Crippen molar-refractivity contribution in [2.45, 2.75) is 32.8 Å². The lowest BCUT2D eigenvalue weighted by atomic mass is 10.0. The van der Waals surface area contributed by atoms with Gasteiger partial charge >= 0.3 is 0 Å². The van der Waals surface area contributed by atoms with Gasteiger partial charge in [0.25, 0.3) is 0 Å². The third-order valence-corrected chi connectivity index (χ3v) is 3.58. The van der Waals surface area contributed by atoms with Crippen LogP contribution >= 0.6 is 0 Å². The molecule has 0 aromatic heterocycles. The van der Waals surface area contributed by atoms with Crippen LogP contribution in [0.1, 0.15) is 30.9 Å². The topological polar surface area (TPSA) is 40.5 Å². The Morgan fingerprint density at radius 3 is 2.63 bits per heavy atom. The van der Waals surface area contributed by atoms with Gasteiger partial charge in [-0.3, -0.25) is 4.79 Å². The van der Waals surface area contributed by atoms with Crippen LogP contribution in [0.25, 0.3) is 5.57 Å². The molecule has 0 unspecified atom stereocenters. The van der Waals surface area contributed by atoms with E-state index in [9.17, 15) is 9.90 Å². The summed E-state index contributed by atoms with van der Waals surface area (Å²) >= 11 is 0. The van der Waals surface area contributed by atoms with Gasteiger partial charge in [-0.05, 0) is 30.9 Å². The number of carbonyl (C=O) groups excluding carboxylic acids is 1. The number of hydrogen-bond acceptors (Lipinski definition) is 2. The fraction of sp³-hybridized carbons (Fsp3) is 0.438. The number of rotatable bonds is 3. The van der Waals surface area contributed by atoms with Crippen LogP contribution < -0.4 is 0 Å². The summed E-state index contributed by atoms with van der Waals surface area (Å²) in [5.74, 6) is 0.00831. The van der Waals surface area contributed by atoms with Gasteiger partial charge in [0.1, 0.15) is 0 Å². The number of amides is 1. The van der Waals surface area contributed by atoms with Gasteiger partial charge in [0.05, 0.1) is 6.10 Å². The molecule has 0 saturated carbocycles. The molecule has 102 valence electrons. The van der Waals surface area contributed by atoms with Crippen molar-refractivity contribution in [1.29, 1.82) is 0 Å². The van der Waals surface area contributed by atoms with Gasteiger partial charge in [-0.2, -0.15) is 0 Å². The quantitative estimate of drug-likeness (QED) is 0.847. The summed E-state index contributed by atoms with van der Waals surface area (Å²) in [4.78, 5) is 13.9. The molecule has 1 amide bonds. The van der Waals surface area contributed by atoms with Crippen molar-refractivity contribution in [2.24, 2.45) is 0 Å². The smallest absolute Gasteiger partial charge is 0.246 e. The Morgan fingerprint density at radius 1 is 1.42 bits per heavy atom. The normalized spacial score (nSPS) is 19.8. The van der Waals surface area contributed by atoms with Crippen LogP contribution in [-0.4, -0.2) is 35.1 Å². The van der Waals surface area contributed by atoms with E-state index in [4.69, 9.17) is 0 Å². The summed E-state index contributed by atoms with van der Waals surface area (Å²) in [6.07, 6.45) is 2.86. The Balaban J connectivity index is 2.14. The predicted molar refractivity (Wildman–Crippen MR) is 76.7 cm³/mol. The number of carbonyl (C=O) groups is 1. The molecule has 3 nitrogen and oxygen atoms in total. The van der Waals surface area contributed by atoms with Crippen molar-refractivity contribution in [1.82, 2.24) is 4.90 Å². The first kappa shape index (κ1) is 13.8. The molecule has 1 aliphatic heterocycles. The number of nitrogens with zero attached hydrogens (tertiary/aromatic N) is 1. The molecule has 2 rings (SSSR count). The van der Waals surface area contributed by atoms with E-state index in [-0.39, 0.29) is 12.0 Å². The standard InChI is InChI=1S/C16H21NO2/c1-3-13(14-6-4-12(2)5-7-14)10-16(19)17-9-8-15(18)11-17/h4-7,10,15,18H,3,8-9,11H2,1-2H3/t15-/m0/s1.